The molecule has 0 radical (unpaired) electrons. The summed E-state index contributed by atoms with van der Waals surface area (Å²) < 4.78 is 28.8. The zero-order valence-electron chi connectivity index (χ0n) is 17.0. The van der Waals surface area contributed by atoms with Crippen molar-refractivity contribution in [2.45, 2.75) is 70.4 Å². The summed E-state index contributed by atoms with van der Waals surface area (Å²) in [6, 6.07) is -0.249. The van der Waals surface area contributed by atoms with E-state index in [9.17, 15) is 13.2 Å². The Morgan fingerprint density at radius 1 is 1.11 bits per heavy atom. The van der Waals surface area contributed by atoms with Crippen LogP contribution in [0.2, 0.25) is 0 Å². The highest BCUT2D eigenvalue weighted by Crippen LogP contribution is 2.19. The normalized spacial score (nSPS) is 23.2. The molecule has 1 unspecified atom stereocenters. The van der Waals surface area contributed by atoms with Gasteiger partial charge in [-0.1, -0.05) is 25.7 Å². The van der Waals surface area contributed by atoms with Crippen molar-refractivity contribution >= 4 is 21.7 Å². The lowest BCUT2D eigenvalue weighted by Gasteiger charge is -2.15. The van der Waals surface area contributed by atoms with E-state index in [0.29, 0.717) is 38.2 Å². The van der Waals surface area contributed by atoms with E-state index in [1.54, 1.807) is 0 Å². The molecule has 0 aromatic rings. The van der Waals surface area contributed by atoms with Gasteiger partial charge in [-0.05, 0) is 26.2 Å². The fourth-order valence-corrected chi connectivity index (χ4v) is 5.30. The Labute approximate surface area is 169 Å². The van der Waals surface area contributed by atoms with Crippen molar-refractivity contribution in [3.05, 3.63) is 0 Å². The molecular formula is C19H36N4O4S. The van der Waals surface area contributed by atoms with E-state index in [2.05, 4.69) is 20.9 Å². The van der Waals surface area contributed by atoms with Gasteiger partial charge >= 0.3 is 0 Å². The van der Waals surface area contributed by atoms with Crippen LogP contribution >= 0.6 is 0 Å². The van der Waals surface area contributed by atoms with Gasteiger partial charge in [0.25, 0.3) is 0 Å². The summed E-state index contributed by atoms with van der Waals surface area (Å²) in [6.45, 7) is 4.37. The summed E-state index contributed by atoms with van der Waals surface area (Å²) in [5.74, 6) is 0.749. The molecule has 0 bridgehead atoms. The molecule has 8 nitrogen and oxygen atoms in total. The fraction of sp³-hybridized carbons (Fsp3) is 0.895. The average Bonchev–Trinajstić information content (AvgIpc) is 2.84. The summed E-state index contributed by atoms with van der Waals surface area (Å²) in [5.41, 5.74) is 0. The Bertz CT molecular complexity index is 601. The predicted molar refractivity (Wildman–Crippen MR) is 111 cm³/mol. The van der Waals surface area contributed by atoms with E-state index in [4.69, 9.17) is 4.74 Å². The first-order chi connectivity index (χ1) is 13.5. The molecule has 1 aliphatic heterocycles. The highest BCUT2D eigenvalue weighted by molar-refractivity contribution is 7.91. The first-order valence-corrected chi connectivity index (χ1v) is 12.4. The molecule has 3 N–H and O–H groups in total. The predicted octanol–water partition coefficient (Wildman–Crippen LogP) is 0.974. The lowest BCUT2D eigenvalue weighted by Crippen LogP contribution is -2.41. The van der Waals surface area contributed by atoms with Crippen LogP contribution in [0.15, 0.2) is 4.99 Å². The first-order valence-electron chi connectivity index (χ1n) is 10.6. The Kier molecular flexibility index (Phi) is 10.0. The number of nitrogens with one attached hydrogen (secondary N) is 3. The maximum absolute atomic E-state index is 12.0. The highest BCUT2D eigenvalue weighted by atomic mass is 32.2. The van der Waals surface area contributed by atoms with E-state index in [1.807, 2.05) is 6.92 Å². The number of rotatable bonds is 9. The third-order valence-electron chi connectivity index (χ3n) is 5.10. The van der Waals surface area contributed by atoms with Gasteiger partial charge in [-0.15, -0.1) is 0 Å². The second-order valence-electron chi connectivity index (χ2n) is 7.59. The quantitative estimate of drug-likeness (QED) is 0.224. The van der Waals surface area contributed by atoms with E-state index < -0.39 is 9.84 Å². The van der Waals surface area contributed by atoms with Gasteiger partial charge in [0.05, 0.1) is 30.8 Å². The summed E-state index contributed by atoms with van der Waals surface area (Å²) >= 11 is 0. The minimum atomic E-state index is -2.98. The van der Waals surface area contributed by atoms with Crippen molar-refractivity contribution in [3.8, 4) is 0 Å². The van der Waals surface area contributed by atoms with Crippen LogP contribution in [0.5, 0.6) is 0 Å². The van der Waals surface area contributed by atoms with Crippen LogP contribution in [0, 0.1) is 0 Å². The van der Waals surface area contributed by atoms with Crippen LogP contribution in [0.1, 0.15) is 58.3 Å². The lowest BCUT2D eigenvalue weighted by atomic mass is 10.1. The number of nitrogens with zero attached hydrogens (tertiary/aromatic N) is 1. The van der Waals surface area contributed by atoms with Gasteiger partial charge in [-0.2, -0.15) is 0 Å². The molecule has 1 heterocycles. The molecule has 28 heavy (non-hydrogen) atoms. The molecule has 2 rings (SSSR count). The van der Waals surface area contributed by atoms with Crippen molar-refractivity contribution in [2.75, 3.05) is 37.7 Å². The smallest absolute Gasteiger partial charge is 0.222 e. The van der Waals surface area contributed by atoms with E-state index >= 15 is 0 Å². The third-order valence-corrected chi connectivity index (χ3v) is 6.87. The van der Waals surface area contributed by atoms with Gasteiger partial charge in [0.1, 0.15) is 0 Å². The number of hydrogen-bond donors (Lipinski definition) is 3. The molecule has 9 heteroatoms. The molecule has 0 spiro atoms. The standard InChI is InChI=1S/C19H36N4O4S/c1-2-20-19(22-12-13-27-17-7-5-3-4-6-8-17)21-11-9-18(24)23-16-10-14-28(25,26)15-16/h16-17H,2-15H2,1H3,(H,23,24)(H2,20,21,22). The zero-order chi connectivity index (χ0) is 20.2. The van der Waals surface area contributed by atoms with Gasteiger partial charge in [0, 0.05) is 25.6 Å². The molecule has 0 aromatic heterocycles. The minimum Gasteiger partial charge on any atom is -0.376 e. The zero-order valence-corrected chi connectivity index (χ0v) is 17.9. The number of ether oxygens (including phenoxy) is 1. The number of carbonyl (C=O) groups is 1. The molecule has 1 aliphatic carbocycles. The van der Waals surface area contributed by atoms with Gasteiger partial charge < -0.3 is 20.7 Å². The fourth-order valence-electron chi connectivity index (χ4n) is 3.63. The van der Waals surface area contributed by atoms with Gasteiger partial charge in [-0.3, -0.25) is 9.79 Å². The summed E-state index contributed by atoms with van der Waals surface area (Å²) in [7, 11) is -2.98. The maximum atomic E-state index is 12.0. The molecule has 1 atom stereocenters. The van der Waals surface area contributed by atoms with E-state index in [0.717, 1.165) is 19.4 Å². The average molecular weight is 417 g/mol. The first kappa shape index (κ1) is 22.9. The van der Waals surface area contributed by atoms with Gasteiger partial charge in [0.15, 0.2) is 15.8 Å². The van der Waals surface area contributed by atoms with Crippen LogP contribution in [-0.2, 0) is 19.4 Å². The van der Waals surface area contributed by atoms with Crippen LogP contribution in [0.4, 0.5) is 0 Å². The Morgan fingerprint density at radius 2 is 1.86 bits per heavy atom. The summed E-state index contributed by atoms with van der Waals surface area (Å²) in [6.07, 6.45) is 8.61. The molecule has 162 valence electrons. The minimum absolute atomic E-state index is 0.0528. The Morgan fingerprint density at radius 3 is 2.50 bits per heavy atom. The maximum Gasteiger partial charge on any atom is 0.222 e. The van der Waals surface area contributed by atoms with E-state index in [-0.39, 0.29) is 29.9 Å². The molecule has 2 fully saturated rings. The Hall–Kier alpha value is -1.35. The summed E-state index contributed by atoms with van der Waals surface area (Å²) in [4.78, 5) is 16.5. The molecule has 1 saturated heterocycles. The molecule has 1 amide bonds. The molecule has 0 aromatic carbocycles. The van der Waals surface area contributed by atoms with Crippen LogP contribution in [0.3, 0.4) is 0 Å². The second kappa shape index (κ2) is 12.3. The molecular weight excluding hydrogens is 380 g/mol. The number of carbonyl (C=O) groups excluding carboxylic acids is 1. The Balaban J connectivity index is 1.62. The number of guanidine groups is 1. The van der Waals surface area contributed by atoms with E-state index in [1.165, 1.54) is 25.7 Å². The van der Waals surface area contributed by atoms with Crippen LogP contribution < -0.4 is 16.0 Å². The monoisotopic (exact) mass is 416 g/mol. The largest absolute Gasteiger partial charge is 0.376 e. The number of aliphatic imine (C=N–C) groups is 1. The van der Waals surface area contributed by atoms with Crippen LogP contribution in [-0.4, -0.2) is 70.2 Å². The van der Waals surface area contributed by atoms with Crippen molar-refractivity contribution < 1.29 is 17.9 Å². The molecule has 2 aliphatic rings. The third kappa shape index (κ3) is 9.23. The molecule has 1 saturated carbocycles. The number of amides is 1. The number of sulfone groups is 1. The van der Waals surface area contributed by atoms with Gasteiger partial charge in [0.2, 0.25) is 5.91 Å². The van der Waals surface area contributed by atoms with Crippen molar-refractivity contribution in [1.29, 1.82) is 0 Å². The SMILES string of the molecule is CCNC(=NCCOC1CCCCCC1)NCCC(=O)NC1CCS(=O)(=O)C1. The summed E-state index contributed by atoms with van der Waals surface area (Å²) in [5, 5.41) is 9.10. The van der Waals surface area contributed by atoms with Crippen LogP contribution in [0.25, 0.3) is 0 Å². The second-order valence-corrected chi connectivity index (χ2v) is 9.82. The lowest BCUT2D eigenvalue weighted by molar-refractivity contribution is -0.121. The topological polar surface area (TPSA) is 109 Å². The highest BCUT2D eigenvalue weighted by Gasteiger charge is 2.28. The van der Waals surface area contributed by atoms with Crippen molar-refractivity contribution in [1.82, 2.24) is 16.0 Å². The van der Waals surface area contributed by atoms with Crippen molar-refractivity contribution in [2.24, 2.45) is 4.99 Å². The van der Waals surface area contributed by atoms with Gasteiger partial charge in [-0.25, -0.2) is 8.42 Å². The number of hydrogen-bond acceptors (Lipinski definition) is 5. The van der Waals surface area contributed by atoms with Crippen molar-refractivity contribution in [3.63, 3.8) is 0 Å².